The molecule has 2 heteroatoms. The van der Waals surface area contributed by atoms with Crippen molar-refractivity contribution in [2.45, 2.75) is 19.8 Å². The summed E-state index contributed by atoms with van der Waals surface area (Å²) in [5.74, 6) is 0. The first-order valence-electron chi connectivity index (χ1n) is 3.48. The number of unbranched alkanes of at least 4 members (excludes halogenated alkanes) is 1. The Kier molecular flexibility index (Phi) is 3.16. The molecule has 0 aromatic carbocycles. The Bertz CT molecular complexity index is 189. The average molecular weight is 153 g/mol. The molecule has 0 unspecified atom stereocenters. The van der Waals surface area contributed by atoms with Gasteiger partial charge >= 0.3 is 0 Å². The molecule has 0 aliphatic rings. The fraction of sp³-hybridized carbons (Fsp3) is 0.375. The fourth-order valence-corrected chi connectivity index (χ4v) is 1.21. The number of nitrogens with zero attached hydrogens (tertiary/aromatic N) is 1. The lowest BCUT2D eigenvalue weighted by Crippen LogP contribution is -1.61. The molecule has 1 nitrogen and oxygen atoms in total. The van der Waals surface area contributed by atoms with Gasteiger partial charge in [-0.15, -0.1) is 11.3 Å². The van der Waals surface area contributed by atoms with Gasteiger partial charge in [-0.1, -0.05) is 19.4 Å². The van der Waals surface area contributed by atoms with Crippen LogP contribution in [-0.4, -0.2) is 4.98 Å². The Labute approximate surface area is 65.4 Å². The van der Waals surface area contributed by atoms with Crippen LogP contribution in [0, 0.1) is 0 Å². The Morgan fingerprint density at radius 1 is 1.70 bits per heavy atom. The Morgan fingerprint density at radius 2 is 2.60 bits per heavy atom. The Morgan fingerprint density at radius 3 is 3.20 bits per heavy atom. The first-order chi connectivity index (χ1) is 4.93. The average Bonchev–Trinajstić information content (AvgIpc) is 2.41. The molecule has 0 saturated carbocycles. The summed E-state index contributed by atoms with van der Waals surface area (Å²) in [7, 11) is 0. The van der Waals surface area contributed by atoms with Gasteiger partial charge in [0.15, 0.2) is 0 Å². The molecular formula is C8H11NS. The molecule has 0 fully saturated rings. The second-order valence-corrected chi connectivity index (χ2v) is 3.01. The van der Waals surface area contributed by atoms with Crippen molar-refractivity contribution in [3.8, 4) is 0 Å². The highest BCUT2D eigenvalue weighted by Gasteiger charge is 1.83. The van der Waals surface area contributed by atoms with E-state index in [-0.39, 0.29) is 0 Å². The molecule has 1 heterocycles. The van der Waals surface area contributed by atoms with Crippen molar-refractivity contribution in [2.75, 3.05) is 0 Å². The van der Waals surface area contributed by atoms with E-state index in [0.29, 0.717) is 0 Å². The lowest BCUT2D eigenvalue weighted by molar-refractivity contribution is 0.962. The van der Waals surface area contributed by atoms with E-state index in [9.17, 15) is 0 Å². The molecule has 0 bridgehead atoms. The predicted octanol–water partition coefficient (Wildman–Crippen LogP) is 2.96. The molecule has 1 rings (SSSR count). The van der Waals surface area contributed by atoms with E-state index >= 15 is 0 Å². The summed E-state index contributed by atoms with van der Waals surface area (Å²) >= 11 is 1.68. The van der Waals surface area contributed by atoms with E-state index in [2.05, 4.69) is 24.1 Å². The molecule has 0 aliphatic heterocycles. The molecule has 0 aliphatic carbocycles. The third kappa shape index (κ3) is 2.31. The van der Waals surface area contributed by atoms with Gasteiger partial charge in [0.25, 0.3) is 0 Å². The number of thiazole rings is 1. The van der Waals surface area contributed by atoms with Crippen molar-refractivity contribution in [2.24, 2.45) is 0 Å². The summed E-state index contributed by atoms with van der Waals surface area (Å²) in [5.41, 5.74) is 1.85. The molecular weight excluding hydrogens is 142 g/mol. The van der Waals surface area contributed by atoms with Crippen LogP contribution in [-0.2, 0) is 0 Å². The molecule has 1 aromatic heterocycles. The van der Waals surface area contributed by atoms with E-state index in [1.807, 2.05) is 11.7 Å². The number of aromatic nitrogens is 1. The quantitative estimate of drug-likeness (QED) is 0.650. The highest BCUT2D eigenvalue weighted by Crippen LogP contribution is 2.07. The SMILES string of the molecule is CCC/C=C/c1cncs1. The second kappa shape index (κ2) is 4.23. The van der Waals surface area contributed by atoms with Gasteiger partial charge < -0.3 is 0 Å². The van der Waals surface area contributed by atoms with Crippen LogP contribution in [0.4, 0.5) is 0 Å². The summed E-state index contributed by atoms with van der Waals surface area (Å²) in [6.45, 7) is 2.18. The van der Waals surface area contributed by atoms with Gasteiger partial charge in [0.05, 0.1) is 5.51 Å². The second-order valence-electron chi connectivity index (χ2n) is 2.09. The van der Waals surface area contributed by atoms with Gasteiger partial charge in [-0.25, -0.2) is 0 Å². The smallest absolute Gasteiger partial charge is 0.0797 e. The summed E-state index contributed by atoms with van der Waals surface area (Å²) in [6, 6.07) is 0. The first-order valence-corrected chi connectivity index (χ1v) is 4.36. The maximum absolute atomic E-state index is 3.97. The van der Waals surface area contributed by atoms with Crippen molar-refractivity contribution >= 4 is 17.4 Å². The molecule has 54 valence electrons. The Balaban J connectivity index is 2.40. The maximum Gasteiger partial charge on any atom is 0.0797 e. The molecule has 10 heavy (non-hydrogen) atoms. The third-order valence-corrected chi connectivity index (χ3v) is 1.93. The summed E-state index contributed by atoms with van der Waals surface area (Å²) < 4.78 is 0. The van der Waals surface area contributed by atoms with Crippen molar-refractivity contribution in [3.63, 3.8) is 0 Å². The zero-order valence-electron chi connectivity index (χ0n) is 6.08. The normalized spacial score (nSPS) is 10.9. The largest absolute Gasteiger partial charge is 0.253 e. The highest BCUT2D eigenvalue weighted by atomic mass is 32.1. The molecule has 0 saturated heterocycles. The summed E-state index contributed by atoms with van der Waals surface area (Å²) in [6.07, 6.45) is 8.58. The van der Waals surface area contributed by atoms with Gasteiger partial charge in [-0.05, 0) is 12.5 Å². The standard InChI is InChI=1S/C8H11NS/c1-2-3-4-5-8-6-9-7-10-8/h4-7H,2-3H2,1H3/b5-4+. The number of rotatable bonds is 3. The van der Waals surface area contributed by atoms with Crippen molar-refractivity contribution in [1.82, 2.24) is 4.98 Å². The van der Waals surface area contributed by atoms with Gasteiger partial charge in [0, 0.05) is 11.1 Å². The van der Waals surface area contributed by atoms with Crippen LogP contribution in [0.25, 0.3) is 6.08 Å². The predicted molar refractivity (Wildman–Crippen MR) is 46.1 cm³/mol. The number of allylic oxidation sites excluding steroid dienone is 1. The van der Waals surface area contributed by atoms with E-state index < -0.39 is 0 Å². The zero-order chi connectivity index (χ0) is 7.23. The van der Waals surface area contributed by atoms with Gasteiger partial charge in [0.1, 0.15) is 0 Å². The lowest BCUT2D eigenvalue weighted by Gasteiger charge is -1.81. The molecule has 0 amide bonds. The summed E-state index contributed by atoms with van der Waals surface area (Å²) in [5, 5.41) is 0. The van der Waals surface area contributed by atoms with Crippen LogP contribution in [0.5, 0.6) is 0 Å². The minimum atomic E-state index is 1.16. The van der Waals surface area contributed by atoms with Crippen molar-refractivity contribution in [1.29, 1.82) is 0 Å². The third-order valence-electron chi connectivity index (χ3n) is 1.19. The van der Waals surface area contributed by atoms with Crippen LogP contribution < -0.4 is 0 Å². The zero-order valence-corrected chi connectivity index (χ0v) is 6.90. The van der Waals surface area contributed by atoms with Crippen LogP contribution in [0.2, 0.25) is 0 Å². The monoisotopic (exact) mass is 153 g/mol. The minimum Gasteiger partial charge on any atom is -0.253 e. The van der Waals surface area contributed by atoms with E-state index in [0.717, 1.165) is 6.42 Å². The van der Waals surface area contributed by atoms with Crippen LogP contribution in [0.15, 0.2) is 17.8 Å². The minimum absolute atomic E-state index is 1.16. The Hall–Kier alpha value is -0.630. The van der Waals surface area contributed by atoms with E-state index in [1.54, 1.807) is 11.3 Å². The molecule has 0 radical (unpaired) electrons. The van der Waals surface area contributed by atoms with Gasteiger partial charge in [-0.2, -0.15) is 0 Å². The van der Waals surface area contributed by atoms with Crippen molar-refractivity contribution in [3.05, 3.63) is 22.7 Å². The molecule has 0 N–H and O–H groups in total. The van der Waals surface area contributed by atoms with Crippen LogP contribution in [0.3, 0.4) is 0 Å². The summed E-state index contributed by atoms with van der Waals surface area (Å²) in [4.78, 5) is 5.21. The molecule has 1 aromatic rings. The maximum atomic E-state index is 3.97. The van der Waals surface area contributed by atoms with Gasteiger partial charge in [0.2, 0.25) is 0 Å². The fourth-order valence-electron chi connectivity index (χ4n) is 0.674. The number of hydrogen-bond acceptors (Lipinski definition) is 2. The first kappa shape index (κ1) is 7.48. The molecule has 0 atom stereocenters. The van der Waals surface area contributed by atoms with Crippen LogP contribution in [0.1, 0.15) is 24.6 Å². The topological polar surface area (TPSA) is 12.9 Å². The van der Waals surface area contributed by atoms with E-state index in [1.165, 1.54) is 11.3 Å². The van der Waals surface area contributed by atoms with Crippen molar-refractivity contribution < 1.29 is 0 Å². The highest BCUT2D eigenvalue weighted by molar-refractivity contribution is 7.10. The van der Waals surface area contributed by atoms with Gasteiger partial charge in [-0.3, -0.25) is 4.98 Å². The lowest BCUT2D eigenvalue weighted by atomic mass is 10.3. The molecule has 0 spiro atoms. The van der Waals surface area contributed by atoms with E-state index in [4.69, 9.17) is 0 Å². The van der Waals surface area contributed by atoms with Crippen LogP contribution >= 0.6 is 11.3 Å². The number of hydrogen-bond donors (Lipinski definition) is 0.